The molecule has 3 aromatic rings. The van der Waals surface area contributed by atoms with Crippen LogP contribution in [-0.2, 0) is 15.9 Å². The Balaban J connectivity index is 1.37. The van der Waals surface area contributed by atoms with Crippen LogP contribution in [0.3, 0.4) is 0 Å². The lowest BCUT2D eigenvalue weighted by Gasteiger charge is -2.43. The van der Waals surface area contributed by atoms with Gasteiger partial charge >= 0.3 is 0 Å². The van der Waals surface area contributed by atoms with E-state index in [0.717, 1.165) is 17.0 Å². The Kier molecular flexibility index (Phi) is 8.02. The number of methoxy groups -OCH3 is 1. The molecule has 2 aromatic heterocycles. The van der Waals surface area contributed by atoms with Gasteiger partial charge in [0.1, 0.15) is 30.0 Å². The fraction of sp³-hybridized carbons (Fsp3) is 0.560. The molecule has 5 atom stereocenters. The number of nitrogens with zero attached hydrogens (tertiary/aromatic N) is 4. The van der Waals surface area contributed by atoms with Crippen molar-refractivity contribution >= 4 is 11.5 Å². The van der Waals surface area contributed by atoms with E-state index in [9.17, 15) is 32.2 Å². The second kappa shape index (κ2) is 11.2. The van der Waals surface area contributed by atoms with Gasteiger partial charge in [-0.1, -0.05) is 5.21 Å². The third kappa shape index (κ3) is 5.71. The molecule has 0 amide bonds. The Morgan fingerprint density at radius 1 is 1.13 bits per heavy atom. The number of hydrogen-bond acceptors (Lipinski definition) is 8. The molecule has 0 unspecified atom stereocenters. The summed E-state index contributed by atoms with van der Waals surface area (Å²) in [7, 11) is 1.41. The van der Waals surface area contributed by atoms with Crippen LogP contribution in [0.4, 0.5) is 22.0 Å². The van der Waals surface area contributed by atoms with E-state index in [-0.39, 0.29) is 36.4 Å². The first-order valence-electron chi connectivity index (χ1n) is 12.5. The lowest BCUT2D eigenvalue weighted by Crippen LogP contribution is -2.57. The van der Waals surface area contributed by atoms with Gasteiger partial charge in [0.05, 0.1) is 24.6 Å². The number of hydrogen-bond donors (Lipinski definition) is 2. The third-order valence-corrected chi connectivity index (χ3v) is 8.43. The molecule has 1 saturated carbocycles. The third-order valence-electron chi connectivity index (χ3n) is 7.44. The molecule has 8 nitrogen and oxygen atoms in total. The van der Waals surface area contributed by atoms with Gasteiger partial charge < -0.3 is 19.7 Å². The van der Waals surface area contributed by atoms with E-state index in [1.807, 2.05) is 6.07 Å². The van der Waals surface area contributed by atoms with Gasteiger partial charge in [-0.05, 0) is 48.5 Å². The van der Waals surface area contributed by atoms with Crippen LogP contribution in [0.2, 0.25) is 0 Å². The van der Waals surface area contributed by atoms with Gasteiger partial charge in [0, 0.05) is 36.8 Å². The number of aromatic nitrogens is 4. The van der Waals surface area contributed by atoms with E-state index >= 15 is 0 Å². The van der Waals surface area contributed by atoms with E-state index in [2.05, 4.69) is 14.7 Å². The molecule has 0 radical (unpaired) electrons. The molecule has 212 valence electrons. The fourth-order valence-electron chi connectivity index (χ4n) is 5.34. The Morgan fingerprint density at radius 3 is 2.46 bits per heavy atom. The summed E-state index contributed by atoms with van der Waals surface area (Å²) in [6.07, 6.45) is -1.78. The van der Waals surface area contributed by atoms with Crippen molar-refractivity contribution in [2.75, 3.05) is 13.7 Å². The number of aliphatic hydroxyl groups excluding tert-OH is 2. The molecule has 39 heavy (non-hydrogen) atoms. The standard InChI is InChI=1S/C25H27F5N4O4S/c1-37-24-18(8-14-9-20(39-32-14)12-2-4-25(29,30)5-3-12)38-19(11-35)23(36)22(24)34-10-17(31-33-34)13-6-15(26)21(28)16(27)7-13/h6-7,9-10,12,18-19,22-24,35-36H,2-5,8,11H2,1H3/t18-,19-,22+,23+,24+/m1/s1. The molecule has 14 heteroatoms. The Hall–Kier alpha value is -2.52. The summed E-state index contributed by atoms with van der Waals surface area (Å²) >= 11 is 1.26. The first-order chi connectivity index (χ1) is 18.6. The predicted octanol–water partition coefficient (Wildman–Crippen LogP) is 4.03. The molecule has 5 rings (SSSR count). The molecular formula is C25H27F5N4O4S. The van der Waals surface area contributed by atoms with Gasteiger partial charge in [0.2, 0.25) is 5.92 Å². The van der Waals surface area contributed by atoms with Gasteiger partial charge in [-0.2, -0.15) is 4.37 Å². The Bertz CT molecular complexity index is 1270. The molecule has 0 spiro atoms. The second-order valence-electron chi connectivity index (χ2n) is 9.97. The highest BCUT2D eigenvalue weighted by Crippen LogP contribution is 2.42. The van der Waals surface area contributed by atoms with Crippen molar-refractivity contribution in [1.29, 1.82) is 0 Å². The Labute approximate surface area is 224 Å². The molecule has 1 aliphatic carbocycles. The number of halogens is 5. The van der Waals surface area contributed by atoms with Crippen molar-refractivity contribution in [1.82, 2.24) is 19.4 Å². The van der Waals surface area contributed by atoms with Crippen LogP contribution in [0.1, 0.15) is 48.2 Å². The maximum atomic E-state index is 13.8. The maximum absolute atomic E-state index is 13.8. The zero-order valence-corrected chi connectivity index (χ0v) is 21.6. The number of benzene rings is 1. The van der Waals surface area contributed by atoms with Gasteiger partial charge in [-0.3, -0.25) is 0 Å². The van der Waals surface area contributed by atoms with Crippen molar-refractivity contribution in [2.24, 2.45) is 0 Å². The van der Waals surface area contributed by atoms with Crippen molar-refractivity contribution in [3.63, 3.8) is 0 Å². The van der Waals surface area contributed by atoms with Crippen LogP contribution in [0.15, 0.2) is 24.4 Å². The van der Waals surface area contributed by atoms with E-state index < -0.39 is 60.4 Å². The Morgan fingerprint density at radius 2 is 1.82 bits per heavy atom. The molecule has 3 heterocycles. The van der Waals surface area contributed by atoms with Gasteiger partial charge in [-0.25, -0.2) is 26.6 Å². The SMILES string of the molecule is CO[C@@H]1[C@@H](n2cc(-c3cc(F)c(F)c(F)c3)nn2)[C@@H](O)[C@@H](CO)O[C@@H]1Cc1cc(C2CCC(F)(F)CC2)sn1. The minimum absolute atomic E-state index is 0.0100. The van der Waals surface area contributed by atoms with E-state index in [1.165, 1.54) is 29.5 Å². The van der Waals surface area contributed by atoms with Crippen molar-refractivity contribution in [3.8, 4) is 11.3 Å². The summed E-state index contributed by atoms with van der Waals surface area (Å²) < 4.78 is 85.5. The van der Waals surface area contributed by atoms with Crippen LogP contribution >= 0.6 is 11.5 Å². The fourth-order valence-corrected chi connectivity index (χ4v) is 6.26. The minimum Gasteiger partial charge on any atom is -0.394 e. The van der Waals surface area contributed by atoms with Crippen LogP contribution in [0.25, 0.3) is 11.3 Å². The first-order valence-corrected chi connectivity index (χ1v) is 13.2. The quantitative estimate of drug-likeness (QED) is 0.325. The van der Waals surface area contributed by atoms with E-state index in [4.69, 9.17) is 9.47 Å². The highest BCUT2D eigenvalue weighted by molar-refractivity contribution is 7.05. The van der Waals surface area contributed by atoms with Crippen molar-refractivity contribution in [2.45, 2.75) is 74.4 Å². The lowest BCUT2D eigenvalue weighted by atomic mass is 9.85. The number of ether oxygens (including phenoxy) is 2. The molecule has 1 aliphatic heterocycles. The average molecular weight is 575 g/mol. The van der Waals surface area contributed by atoms with Crippen molar-refractivity contribution < 1.29 is 41.6 Å². The van der Waals surface area contributed by atoms with Crippen molar-refractivity contribution in [3.05, 3.63) is 52.4 Å². The predicted molar refractivity (Wildman–Crippen MR) is 129 cm³/mol. The van der Waals surface area contributed by atoms with E-state index in [1.54, 1.807) is 0 Å². The highest BCUT2D eigenvalue weighted by atomic mass is 32.1. The topological polar surface area (TPSA) is 103 Å². The molecule has 1 saturated heterocycles. The monoisotopic (exact) mass is 574 g/mol. The van der Waals surface area contributed by atoms with Crippen LogP contribution < -0.4 is 0 Å². The minimum atomic E-state index is -2.62. The summed E-state index contributed by atoms with van der Waals surface area (Å²) in [6.45, 7) is -0.515. The highest BCUT2D eigenvalue weighted by Gasteiger charge is 2.47. The van der Waals surface area contributed by atoms with E-state index in [0.29, 0.717) is 18.5 Å². The smallest absolute Gasteiger partial charge is 0.248 e. The number of aliphatic hydroxyl groups is 2. The number of alkyl halides is 2. The van der Waals surface area contributed by atoms with Gasteiger partial charge in [-0.15, -0.1) is 5.10 Å². The van der Waals surface area contributed by atoms with Crippen LogP contribution in [-0.4, -0.2) is 73.6 Å². The molecule has 1 aromatic carbocycles. The average Bonchev–Trinajstić information content (AvgIpc) is 3.58. The van der Waals surface area contributed by atoms with Crippen LogP contribution in [0, 0.1) is 17.5 Å². The molecular weight excluding hydrogens is 547 g/mol. The molecule has 0 bridgehead atoms. The molecule has 2 N–H and O–H groups in total. The summed E-state index contributed by atoms with van der Waals surface area (Å²) in [4.78, 5) is 0.917. The first kappa shape index (κ1) is 28.0. The largest absolute Gasteiger partial charge is 0.394 e. The normalized spacial score (nSPS) is 27.6. The maximum Gasteiger partial charge on any atom is 0.248 e. The summed E-state index contributed by atoms with van der Waals surface area (Å²) in [6, 6.07) is 2.52. The van der Waals surface area contributed by atoms with Gasteiger partial charge in [0.15, 0.2) is 17.5 Å². The van der Waals surface area contributed by atoms with Crippen LogP contribution in [0.5, 0.6) is 0 Å². The van der Waals surface area contributed by atoms with Gasteiger partial charge in [0.25, 0.3) is 0 Å². The summed E-state index contributed by atoms with van der Waals surface area (Å²) in [5.41, 5.74) is 0.627. The second-order valence-corrected chi connectivity index (χ2v) is 10.8. The molecule has 2 aliphatic rings. The lowest BCUT2D eigenvalue weighted by molar-refractivity contribution is -0.212. The molecule has 2 fully saturated rings. The zero-order valence-electron chi connectivity index (χ0n) is 20.8. The summed E-state index contributed by atoms with van der Waals surface area (Å²) in [5, 5.41) is 28.8. The zero-order chi connectivity index (χ0) is 27.9. The number of rotatable bonds is 7. The summed E-state index contributed by atoms with van der Waals surface area (Å²) in [5.74, 6) is -6.99.